The number of nitrogens with one attached hydrogen (secondary N) is 1. The molecule has 2 aromatic rings. The van der Waals surface area contributed by atoms with Crippen molar-refractivity contribution in [3.63, 3.8) is 0 Å². The van der Waals surface area contributed by atoms with Gasteiger partial charge in [0.2, 0.25) is 0 Å². The zero-order valence-electron chi connectivity index (χ0n) is 9.21. The molecule has 1 heterocycles. The van der Waals surface area contributed by atoms with E-state index in [1.165, 1.54) is 10.4 Å². The lowest BCUT2D eigenvalue weighted by Crippen LogP contribution is -2.28. The second kappa shape index (κ2) is 5.50. The lowest BCUT2D eigenvalue weighted by molar-refractivity contribution is 0.643. The van der Waals surface area contributed by atoms with Crippen molar-refractivity contribution in [2.75, 3.05) is 0 Å². The third-order valence-electron chi connectivity index (χ3n) is 2.55. The van der Waals surface area contributed by atoms with E-state index in [-0.39, 0.29) is 6.04 Å². The molecule has 0 aliphatic heterocycles. The second-order valence-corrected chi connectivity index (χ2v) is 6.07. The van der Waals surface area contributed by atoms with E-state index in [4.69, 9.17) is 17.4 Å². The Labute approximate surface area is 118 Å². The molecule has 5 heteroatoms. The van der Waals surface area contributed by atoms with Crippen LogP contribution in [0.4, 0.5) is 0 Å². The van der Waals surface area contributed by atoms with Gasteiger partial charge in [-0.3, -0.25) is 5.84 Å². The van der Waals surface area contributed by atoms with Gasteiger partial charge in [-0.2, -0.15) is 0 Å². The first-order valence-corrected chi connectivity index (χ1v) is 7.13. The minimum Gasteiger partial charge on any atom is -0.271 e. The molecular formula is C12H12BrClN2S. The van der Waals surface area contributed by atoms with E-state index in [1.807, 2.05) is 18.2 Å². The SMILES string of the molecule is Cc1ccsc1C(NN)c1cc(Cl)cc(Br)c1. The standard InChI is InChI=1S/C12H12BrClN2S/c1-7-2-3-17-12(7)11(16-15)8-4-9(13)6-10(14)5-8/h2-6,11,16H,15H2,1H3. The average molecular weight is 332 g/mol. The van der Waals surface area contributed by atoms with E-state index < -0.39 is 0 Å². The predicted octanol–water partition coefficient (Wildman–Crippen LogP) is 4.03. The van der Waals surface area contributed by atoms with Gasteiger partial charge in [0.15, 0.2) is 0 Å². The maximum atomic E-state index is 6.06. The number of hydrogen-bond acceptors (Lipinski definition) is 3. The fraction of sp³-hybridized carbons (Fsp3) is 0.167. The van der Waals surface area contributed by atoms with Gasteiger partial charge >= 0.3 is 0 Å². The highest BCUT2D eigenvalue weighted by molar-refractivity contribution is 9.10. The smallest absolute Gasteiger partial charge is 0.0806 e. The number of rotatable bonds is 3. The van der Waals surface area contributed by atoms with Crippen LogP contribution in [0.5, 0.6) is 0 Å². The third-order valence-corrected chi connectivity index (χ3v) is 4.31. The molecule has 0 bridgehead atoms. The maximum Gasteiger partial charge on any atom is 0.0806 e. The molecule has 1 aromatic carbocycles. The zero-order valence-corrected chi connectivity index (χ0v) is 12.4. The van der Waals surface area contributed by atoms with E-state index >= 15 is 0 Å². The summed E-state index contributed by atoms with van der Waals surface area (Å²) in [7, 11) is 0. The van der Waals surface area contributed by atoms with Crippen LogP contribution in [0.2, 0.25) is 5.02 Å². The van der Waals surface area contributed by atoms with Crippen LogP contribution in [0.15, 0.2) is 34.1 Å². The Morgan fingerprint density at radius 1 is 1.41 bits per heavy atom. The highest BCUT2D eigenvalue weighted by Gasteiger charge is 2.16. The third kappa shape index (κ3) is 2.89. The molecule has 0 aliphatic carbocycles. The maximum absolute atomic E-state index is 6.06. The van der Waals surface area contributed by atoms with Crippen molar-refractivity contribution in [2.45, 2.75) is 13.0 Å². The number of hydrazine groups is 1. The van der Waals surface area contributed by atoms with Crippen molar-refractivity contribution in [1.29, 1.82) is 0 Å². The zero-order chi connectivity index (χ0) is 12.4. The summed E-state index contributed by atoms with van der Waals surface area (Å²) in [6, 6.07) is 7.88. The van der Waals surface area contributed by atoms with Crippen LogP contribution in [-0.2, 0) is 0 Å². The summed E-state index contributed by atoms with van der Waals surface area (Å²) in [4.78, 5) is 1.21. The first-order chi connectivity index (χ1) is 8.11. The Hall–Kier alpha value is -0.390. The van der Waals surface area contributed by atoms with Crippen molar-refractivity contribution in [1.82, 2.24) is 5.43 Å². The molecule has 2 nitrogen and oxygen atoms in total. The lowest BCUT2D eigenvalue weighted by Gasteiger charge is -2.16. The first kappa shape index (κ1) is 13.1. The number of thiophene rings is 1. The van der Waals surface area contributed by atoms with Gasteiger partial charge in [-0.1, -0.05) is 27.5 Å². The van der Waals surface area contributed by atoms with Crippen molar-refractivity contribution in [2.24, 2.45) is 5.84 Å². The minimum atomic E-state index is -0.0231. The monoisotopic (exact) mass is 330 g/mol. The van der Waals surface area contributed by atoms with Gasteiger partial charge in [-0.25, -0.2) is 5.43 Å². The van der Waals surface area contributed by atoms with Gasteiger partial charge in [-0.15, -0.1) is 11.3 Å². The summed E-state index contributed by atoms with van der Waals surface area (Å²) in [6.07, 6.45) is 0. The molecular weight excluding hydrogens is 320 g/mol. The molecule has 0 spiro atoms. The number of aryl methyl sites for hydroxylation is 1. The molecule has 3 N–H and O–H groups in total. The lowest BCUT2D eigenvalue weighted by atomic mass is 10.0. The van der Waals surface area contributed by atoms with Crippen LogP contribution in [-0.4, -0.2) is 0 Å². The van der Waals surface area contributed by atoms with E-state index in [0.29, 0.717) is 5.02 Å². The molecule has 17 heavy (non-hydrogen) atoms. The van der Waals surface area contributed by atoms with Gasteiger partial charge in [0.05, 0.1) is 6.04 Å². The van der Waals surface area contributed by atoms with Gasteiger partial charge in [0, 0.05) is 14.4 Å². The molecule has 0 saturated carbocycles. The van der Waals surface area contributed by atoms with Gasteiger partial charge < -0.3 is 0 Å². The van der Waals surface area contributed by atoms with Crippen LogP contribution < -0.4 is 11.3 Å². The molecule has 0 saturated heterocycles. The van der Waals surface area contributed by atoms with Gasteiger partial charge in [0.1, 0.15) is 0 Å². The molecule has 1 atom stereocenters. The highest BCUT2D eigenvalue weighted by Crippen LogP contribution is 2.31. The van der Waals surface area contributed by atoms with Crippen molar-refractivity contribution in [3.05, 3.63) is 55.1 Å². The minimum absolute atomic E-state index is 0.0231. The van der Waals surface area contributed by atoms with Crippen LogP contribution in [0.25, 0.3) is 0 Å². The molecule has 90 valence electrons. The number of hydrogen-bond donors (Lipinski definition) is 2. The predicted molar refractivity (Wildman–Crippen MR) is 77.4 cm³/mol. The average Bonchev–Trinajstić information content (AvgIpc) is 2.65. The van der Waals surface area contributed by atoms with Crippen LogP contribution >= 0.6 is 38.9 Å². The summed E-state index contributed by atoms with van der Waals surface area (Å²) in [6.45, 7) is 2.08. The largest absolute Gasteiger partial charge is 0.271 e. The van der Waals surface area contributed by atoms with Crippen molar-refractivity contribution < 1.29 is 0 Å². The van der Waals surface area contributed by atoms with E-state index in [1.54, 1.807) is 11.3 Å². The van der Waals surface area contributed by atoms with E-state index in [2.05, 4.69) is 39.7 Å². The normalized spacial score (nSPS) is 12.7. The summed E-state index contributed by atoms with van der Waals surface area (Å²) in [5.74, 6) is 5.66. The highest BCUT2D eigenvalue weighted by atomic mass is 79.9. The fourth-order valence-electron chi connectivity index (χ4n) is 1.75. The molecule has 0 fully saturated rings. The topological polar surface area (TPSA) is 38.0 Å². The van der Waals surface area contributed by atoms with Crippen molar-refractivity contribution in [3.8, 4) is 0 Å². The Kier molecular flexibility index (Phi) is 4.22. The Balaban J connectivity index is 2.45. The summed E-state index contributed by atoms with van der Waals surface area (Å²) in [5.41, 5.74) is 5.13. The summed E-state index contributed by atoms with van der Waals surface area (Å²) >= 11 is 11.2. The molecule has 1 unspecified atom stereocenters. The molecule has 1 aromatic heterocycles. The van der Waals surface area contributed by atoms with E-state index in [9.17, 15) is 0 Å². The number of halogens is 2. The summed E-state index contributed by atoms with van der Waals surface area (Å²) in [5, 5.41) is 2.76. The Morgan fingerprint density at radius 2 is 2.18 bits per heavy atom. The second-order valence-electron chi connectivity index (χ2n) is 3.77. The Bertz CT molecular complexity index is 507. The number of nitrogens with two attached hydrogens (primary N) is 1. The molecule has 0 amide bonds. The van der Waals surface area contributed by atoms with Crippen LogP contribution in [0, 0.1) is 6.92 Å². The number of benzene rings is 1. The van der Waals surface area contributed by atoms with E-state index in [0.717, 1.165) is 10.0 Å². The molecule has 0 aliphatic rings. The van der Waals surface area contributed by atoms with Gasteiger partial charge in [0.25, 0.3) is 0 Å². The first-order valence-electron chi connectivity index (χ1n) is 5.08. The fourth-order valence-corrected chi connectivity index (χ4v) is 3.64. The van der Waals surface area contributed by atoms with Crippen molar-refractivity contribution >= 4 is 38.9 Å². The summed E-state index contributed by atoms with van der Waals surface area (Å²) < 4.78 is 0.953. The Morgan fingerprint density at radius 3 is 2.71 bits per heavy atom. The van der Waals surface area contributed by atoms with Crippen LogP contribution in [0.3, 0.4) is 0 Å². The van der Waals surface area contributed by atoms with Gasteiger partial charge in [-0.05, 0) is 47.7 Å². The quantitative estimate of drug-likeness (QED) is 0.658. The molecule has 0 radical (unpaired) electrons. The van der Waals surface area contributed by atoms with Crippen LogP contribution in [0.1, 0.15) is 22.0 Å². The molecule has 2 rings (SSSR count).